The molecular formula is C30H42O7. The summed E-state index contributed by atoms with van der Waals surface area (Å²) in [5.74, 6) is 0.971. The molecule has 0 N–H and O–H groups in total. The van der Waals surface area contributed by atoms with Gasteiger partial charge in [-0.25, -0.2) is 0 Å². The Hall–Kier alpha value is -0.800. The molecule has 0 unspecified atom stereocenters. The lowest BCUT2D eigenvalue weighted by Gasteiger charge is -2.58. The molecule has 7 nitrogen and oxygen atoms in total. The van der Waals surface area contributed by atoms with Crippen molar-refractivity contribution in [2.75, 3.05) is 0 Å². The van der Waals surface area contributed by atoms with Gasteiger partial charge in [-0.2, -0.15) is 0 Å². The molecule has 0 aromatic carbocycles. The van der Waals surface area contributed by atoms with Crippen LogP contribution in [0.3, 0.4) is 0 Å². The highest BCUT2D eigenvalue weighted by Crippen LogP contribution is 2.65. The molecule has 6 heterocycles. The average molecular weight is 515 g/mol. The van der Waals surface area contributed by atoms with Crippen LogP contribution in [-0.2, 0) is 33.2 Å². The minimum Gasteiger partial charge on any atom is -0.337 e. The van der Waals surface area contributed by atoms with E-state index in [2.05, 4.69) is 40.9 Å². The van der Waals surface area contributed by atoms with Gasteiger partial charge in [0, 0.05) is 24.7 Å². The molecular weight excluding hydrogens is 472 g/mol. The van der Waals surface area contributed by atoms with Crippen molar-refractivity contribution in [1.82, 2.24) is 0 Å². The quantitative estimate of drug-likeness (QED) is 0.458. The van der Waals surface area contributed by atoms with Crippen molar-refractivity contribution in [1.29, 1.82) is 0 Å². The average Bonchev–Trinajstić information content (AvgIpc) is 3.20. The highest BCUT2D eigenvalue weighted by atomic mass is 16.9. The summed E-state index contributed by atoms with van der Waals surface area (Å²) in [5.41, 5.74) is 0.918. The number of rotatable bonds is 2. The molecule has 2 aliphatic carbocycles. The summed E-state index contributed by atoms with van der Waals surface area (Å²) in [6.07, 6.45) is 6.04. The van der Waals surface area contributed by atoms with Gasteiger partial charge in [-0.15, -0.1) is 0 Å². The predicted octanol–water partition coefficient (Wildman–Crippen LogP) is 5.40. The second-order valence-corrected chi connectivity index (χ2v) is 13.8. The first-order valence-corrected chi connectivity index (χ1v) is 14.7. The molecule has 2 spiro atoms. The first kappa shape index (κ1) is 24.0. The van der Waals surface area contributed by atoms with Gasteiger partial charge in [0.25, 0.3) is 0 Å². The zero-order valence-corrected chi connectivity index (χ0v) is 22.7. The molecule has 6 saturated heterocycles. The zero-order chi connectivity index (χ0) is 25.5. The maximum absolute atomic E-state index is 6.77. The molecule has 8 aliphatic rings. The van der Waals surface area contributed by atoms with E-state index in [9.17, 15) is 0 Å². The molecule has 0 radical (unpaired) electrons. The Balaban J connectivity index is 1.09. The number of hydrogen-bond acceptors (Lipinski definition) is 7. The summed E-state index contributed by atoms with van der Waals surface area (Å²) in [7, 11) is 0. The maximum Gasteiger partial charge on any atom is 0.194 e. The molecule has 0 amide bonds. The van der Waals surface area contributed by atoms with E-state index in [4.69, 9.17) is 33.2 Å². The Bertz CT molecular complexity index is 965. The summed E-state index contributed by atoms with van der Waals surface area (Å²) in [4.78, 5) is 0. The third kappa shape index (κ3) is 2.92. The molecule has 0 aromatic rings. The van der Waals surface area contributed by atoms with Crippen LogP contribution in [0.2, 0.25) is 0 Å². The summed E-state index contributed by atoms with van der Waals surface area (Å²) in [5, 5.41) is 0. The Morgan fingerprint density at radius 1 is 0.676 bits per heavy atom. The molecule has 8 fully saturated rings. The summed E-state index contributed by atoms with van der Waals surface area (Å²) < 4.78 is 46.4. The third-order valence-corrected chi connectivity index (χ3v) is 11.7. The van der Waals surface area contributed by atoms with E-state index in [0.29, 0.717) is 23.7 Å². The molecule has 8 rings (SSSR count). The van der Waals surface area contributed by atoms with E-state index in [0.717, 1.165) is 62.5 Å². The highest BCUT2D eigenvalue weighted by molar-refractivity contribution is 5.26. The molecule has 6 aliphatic heterocycles. The van der Waals surface area contributed by atoms with Crippen molar-refractivity contribution in [3.05, 3.63) is 24.3 Å². The van der Waals surface area contributed by atoms with Crippen LogP contribution in [-0.4, -0.2) is 47.9 Å². The molecule has 7 heteroatoms. The summed E-state index contributed by atoms with van der Waals surface area (Å²) >= 11 is 0. The van der Waals surface area contributed by atoms with Crippen LogP contribution in [0.15, 0.2) is 24.3 Å². The highest BCUT2D eigenvalue weighted by Gasteiger charge is 2.73. The largest absolute Gasteiger partial charge is 0.337 e. The van der Waals surface area contributed by atoms with E-state index in [1.165, 1.54) is 0 Å². The van der Waals surface area contributed by atoms with Crippen molar-refractivity contribution < 1.29 is 33.2 Å². The fraction of sp³-hybridized carbons (Fsp3) is 0.867. The molecule has 204 valence electrons. The minimum atomic E-state index is -0.646. The second-order valence-electron chi connectivity index (χ2n) is 13.8. The Morgan fingerprint density at radius 3 is 1.54 bits per heavy atom. The van der Waals surface area contributed by atoms with E-state index >= 15 is 0 Å². The second kappa shape index (κ2) is 7.48. The van der Waals surface area contributed by atoms with Gasteiger partial charge in [0.05, 0.1) is 0 Å². The van der Waals surface area contributed by atoms with Crippen LogP contribution in [0.4, 0.5) is 0 Å². The van der Waals surface area contributed by atoms with E-state index < -0.39 is 47.9 Å². The van der Waals surface area contributed by atoms with Crippen LogP contribution in [0.5, 0.6) is 0 Å². The van der Waals surface area contributed by atoms with E-state index in [1.54, 1.807) is 0 Å². The van der Waals surface area contributed by atoms with Gasteiger partial charge in [-0.3, -0.25) is 0 Å². The topological polar surface area (TPSA) is 64.6 Å². The molecule has 0 aromatic heterocycles. The molecule has 4 bridgehead atoms. The van der Waals surface area contributed by atoms with Crippen LogP contribution in [0, 0.1) is 35.5 Å². The van der Waals surface area contributed by atoms with Gasteiger partial charge in [0.15, 0.2) is 36.7 Å². The Morgan fingerprint density at radius 2 is 1.11 bits per heavy atom. The van der Waals surface area contributed by atoms with Crippen LogP contribution in [0.25, 0.3) is 0 Å². The van der Waals surface area contributed by atoms with Crippen LogP contribution >= 0.6 is 0 Å². The normalized spacial score (nSPS) is 61.7. The van der Waals surface area contributed by atoms with Gasteiger partial charge in [-0.05, 0) is 87.2 Å². The standard InChI is InChI=1S/C30H42O7/c1-15-7-9-21-17(3)23(32-25-29(21)19(15)11-13-27(5,34-25)36-29)31-24-18(4)22-10-8-16(2)20-12-14-28(6)35-26(33-24)30(20,22)37-28/h15-16,19-26H,3-4,7-14H2,1-2,5-6H3/t15-,16-,19+,20+,21+,22+,23+,24+,25-,26-,27+,28+,29-,30-/m1/s1. The Kier molecular flexibility index (Phi) is 4.86. The van der Waals surface area contributed by atoms with Crippen molar-refractivity contribution in [3.63, 3.8) is 0 Å². The predicted molar refractivity (Wildman–Crippen MR) is 133 cm³/mol. The number of fused-ring (bicyclic) bond motifs is 2. The van der Waals surface area contributed by atoms with Crippen molar-refractivity contribution in [2.45, 2.75) is 127 Å². The molecule has 2 saturated carbocycles. The Labute approximate surface area is 220 Å². The number of ether oxygens (including phenoxy) is 7. The first-order valence-electron chi connectivity index (χ1n) is 14.7. The molecule has 14 atom stereocenters. The zero-order valence-electron chi connectivity index (χ0n) is 22.7. The lowest BCUT2D eigenvalue weighted by molar-refractivity contribution is -0.348. The van der Waals surface area contributed by atoms with Gasteiger partial charge >= 0.3 is 0 Å². The van der Waals surface area contributed by atoms with Crippen LogP contribution < -0.4 is 0 Å². The smallest absolute Gasteiger partial charge is 0.194 e. The molecule has 37 heavy (non-hydrogen) atoms. The van der Waals surface area contributed by atoms with Gasteiger partial charge < -0.3 is 33.2 Å². The van der Waals surface area contributed by atoms with E-state index in [-0.39, 0.29) is 11.8 Å². The monoisotopic (exact) mass is 514 g/mol. The summed E-state index contributed by atoms with van der Waals surface area (Å²) in [6, 6.07) is 0. The minimum absolute atomic E-state index is 0.131. The first-order chi connectivity index (χ1) is 17.6. The fourth-order valence-corrected chi connectivity index (χ4v) is 9.99. The lowest BCUT2D eigenvalue weighted by atomic mass is 9.58. The summed E-state index contributed by atoms with van der Waals surface area (Å²) in [6.45, 7) is 17.9. The van der Waals surface area contributed by atoms with Gasteiger partial charge in [-0.1, -0.05) is 27.0 Å². The number of hydrogen-bond donors (Lipinski definition) is 0. The maximum atomic E-state index is 6.77. The van der Waals surface area contributed by atoms with Crippen molar-refractivity contribution >= 4 is 0 Å². The van der Waals surface area contributed by atoms with Gasteiger partial charge in [0.2, 0.25) is 0 Å². The third-order valence-electron chi connectivity index (χ3n) is 11.7. The van der Waals surface area contributed by atoms with Gasteiger partial charge in [0.1, 0.15) is 11.2 Å². The van der Waals surface area contributed by atoms with E-state index in [1.807, 2.05) is 0 Å². The van der Waals surface area contributed by atoms with Crippen molar-refractivity contribution in [2.24, 2.45) is 35.5 Å². The lowest BCUT2D eigenvalue weighted by Crippen LogP contribution is -2.66. The van der Waals surface area contributed by atoms with Crippen molar-refractivity contribution in [3.8, 4) is 0 Å². The fourth-order valence-electron chi connectivity index (χ4n) is 9.99. The SMILES string of the molecule is C=C1[C@@H](O[C@H]2O[C@@H]3O[C@]4(C)CC[C@H]5[C@H](C)CC[C@@H](C2=C)[C@@]35O4)O[C@@H]2O[C@]3(C)CC[C@H]4[C@H](C)CC[C@@H]1[C@@]24O3. The van der Waals surface area contributed by atoms with Crippen LogP contribution in [0.1, 0.15) is 79.1 Å².